The van der Waals surface area contributed by atoms with Crippen LogP contribution in [0.2, 0.25) is 0 Å². The molecule has 2 heterocycles. The molecule has 0 saturated carbocycles. The summed E-state index contributed by atoms with van der Waals surface area (Å²) in [5.41, 5.74) is 1.19. The van der Waals surface area contributed by atoms with Crippen molar-refractivity contribution in [2.45, 2.75) is 44.3 Å². The molecular formula is C15H20O3. The molecule has 0 amide bonds. The zero-order valence-electron chi connectivity index (χ0n) is 11.0. The van der Waals surface area contributed by atoms with Crippen LogP contribution in [0.1, 0.15) is 37.8 Å². The van der Waals surface area contributed by atoms with Gasteiger partial charge in [0.05, 0.1) is 24.4 Å². The molecule has 3 nitrogen and oxygen atoms in total. The van der Waals surface area contributed by atoms with Crippen LogP contribution in [0.3, 0.4) is 0 Å². The topological polar surface area (TPSA) is 38.7 Å². The van der Waals surface area contributed by atoms with Crippen molar-refractivity contribution in [2.24, 2.45) is 0 Å². The highest BCUT2D eigenvalue weighted by Gasteiger charge is 2.40. The van der Waals surface area contributed by atoms with Crippen LogP contribution in [0, 0.1) is 0 Å². The molecule has 18 heavy (non-hydrogen) atoms. The summed E-state index contributed by atoms with van der Waals surface area (Å²) < 4.78 is 11.2. The summed E-state index contributed by atoms with van der Waals surface area (Å²) in [6.07, 6.45) is 2.24. The van der Waals surface area contributed by atoms with E-state index in [0.717, 1.165) is 24.3 Å². The van der Waals surface area contributed by atoms with Gasteiger partial charge in [0.2, 0.25) is 0 Å². The smallest absolute Gasteiger partial charge is 0.122 e. The van der Waals surface area contributed by atoms with Gasteiger partial charge in [0.1, 0.15) is 5.75 Å². The third-order valence-electron chi connectivity index (χ3n) is 3.95. The maximum atomic E-state index is 10.9. The number of ether oxygens (including phenoxy) is 2. The van der Waals surface area contributed by atoms with Gasteiger partial charge in [-0.25, -0.2) is 0 Å². The normalized spacial score (nSPS) is 29.7. The average molecular weight is 248 g/mol. The van der Waals surface area contributed by atoms with Gasteiger partial charge in [-0.2, -0.15) is 0 Å². The van der Waals surface area contributed by atoms with Crippen molar-refractivity contribution in [3.63, 3.8) is 0 Å². The van der Waals surface area contributed by atoms with Crippen molar-refractivity contribution >= 4 is 0 Å². The Bertz CT molecular complexity index is 467. The number of hydrogen-bond donors (Lipinski definition) is 1. The highest BCUT2D eigenvalue weighted by atomic mass is 16.5. The van der Waals surface area contributed by atoms with E-state index in [1.807, 2.05) is 26.0 Å². The Kier molecular flexibility index (Phi) is 2.65. The standard InChI is InChI=1S/C15H20O3/c1-14(2)10-15(16,6-8-18-14)12-3-4-13-11(9-12)5-7-17-13/h3-4,9,16H,5-8,10H2,1-2H3. The van der Waals surface area contributed by atoms with Crippen molar-refractivity contribution in [1.29, 1.82) is 0 Å². The molecule has 1 unspecified atom stereocenters. The third-order valence-corrected chi connectivity index (χ3v) is 3.95. The zero-order chi connectivity index (χ0) is 12.8. The molecule has 3 rings (SSSR count). The fourth-order valence-electron chi connectivity index (χ4n) is 3.06. The van der Waals surface area contributed by atoms with Crippen molar-refractivity contribution < 1.29 is 14.6 Å². The maximum absolute atomic E-state index is 10.9. The van der Waals surface area contributed by atoms with Crippen molar-refractivity contribution in [2.75, 3.05) is 13.2 Å². The number of fused-ring (bicyclic) bond motifs is 1. The summed E-state index contributed by atoms with van der Waals surface area (Å²) in [6, 6.07) is 6.08. The summed E-state index contributed by atoms with van der Waals surface area (Å²) in [5, 5.41) is 10.9. The Hall–Kier alpha value is -1.06. The second kappa shape index (κ2) is 3.97. The van der Waals surface area contributed by atoms with Crippen LogP contribution in [0.25, 0.3) is 0 Å². The predicted octanol–water partition coefficient (Wildman–Crippen LogP) is 2.40. The molecule has 0 radical (unpaired) electrons. The fourth-order valence-corrected chi connectivity index (χ4v) is 3.06. The predicted molar refractivity (Wildman–Crippen MR) is 68.8 cm³/mol. The number of aliphatic hydroxyl groups is 1. The van der Waals surface area contributed by atoms with E-state index in [1.165, 1.54) is 5.56 Å². The van der Waals surface area contributed by atoms with E-state index in [2.05, 4.69) is 6.07 Å². The van der Waals surface area contributed by atoms with Gasteiger partial charge in [0.25, 0.3) is 0 Å². The van der Waals surface area contributed by atoms with Gasteiger partial charge < -0.3 is 14.6 Å². The van der Waals surface area contributed by atoms with Crippen LogP contribution < -0.4 is 4.74 Å². The molecule has 1 saturated heterocycles. The lowest BCUT2D eigenvalue weighted by atomic mass is 9.79. The van der Waals surface area contributed by atoms with Crippen molar-refractivity contribution in [3.05, 3.63) is 29.3 Å². The fraction of sp³-hybridized carbons (Fsp3) is 0.600. The minimum absolute atomic E-state index is 0.261. The molecule has 1 aromatic rings. The first-order valence-electron chi connectivity index (χ1n) is 6.61. The quantitative estimate of drug-likeness (QED) is 0.829. The average Bonchev–Trinajstić information content (AvgIpc) is 2.73. The third kappa shape index (κ3) is 2.02. The van der Waals surface area contributed by atoms with Crippen LogP contribution >= 0.6 is 0 Å². The zero-order valence-corrected chi connectivity index (χ0v) is 11.0. The van der Waals surface area contributed by atoms with E-state index in [0.29, 0.717) is 19.4 Å². The number of hydrogen-bond acceptors (Lipinski definition) is 3. The lowest BCUT2D eigenvalue weighted by molar-refractivity contribution is -0.148. The Balaban J connectivity index is 1.93. The Morgan fingerprint density at radius 1 is 1.22 bits per heavy atom. The summed E-state index contributed by atoms with van der Waals surface area (Å²) in [4.78, 5) is 0. The summed E-state index contributed by atoms with van der Waals surface area (Å²) in [5.74, 6) is 0.966. The molecule has 0 spiro atoms. The highest BCUT2D eigenvalue weighted by Crippen LogP contribution is 2.41. The highest BCUT2D eigenvalue weighted by molar-refractivity contribution is 5.41. The summed E-state index contributed by atoms with van der Waals surface area (Å²) >= 11 is 0. The molecule has 1 aromatic carbocycles. The van der Waals surface area contributed by atoms with E-state index in [-0.39, 0.29) is 5.60 Å². The Labute approximate surface area is 108 Å². The van der Waals surface area contributed by atoms with Gasteiger partial charge in [0.15, 0.2) is 0 Å². The molecule has 0 bridgehead atoms. The lowest BCUT2D eigenvalue weighted by Crippen LogP contribution is -2.43. The molecule has 3 heteroatoms. The maximum Gasteiger partial charge on any atom is 0.122 e. The van der Waals surface area contributed by atoms with E-state index in [9.17, 15) is 5.11 Å². The number of benzene rings is 1. The van der Waals surface area contributed by atoms with Gasteiger partial charge in [-0.15, -0.1) is 0 Å². The van der Waals surface area contributed by atoms with E-state index >= 15 is 0 Å². The van der Waals surface area contributed by atoms with Gasteiger partial charge in [-0.05, 0) is 37.1 Å². The number of rotatable bonds is 1. The SMILES string of the molecule is CC1(C)CC(O)(c2ccc3c(c2)CCO3)CCO1. The van der Waals surface area contributed by atoms with E-state index < -0.39 is 5.60 Å². The molecule has 0 aromatic heterocycles. The summed E-state index contributed by atoms with van der Waals surface area (Å²) in [6.45, 7) is 5.43. The summed E-state index contributed by atoms with van der Waals surface area (Å²) in [7, 11) is 0. The van der Waals surface area contributed by atoms with Crippen molar-refractivity contribution in [3.8, 4) is 5.75 Å². The van der Waals surface area contributed by atoms with Gasteiger partial charge in [0, 0.05) is 19.3 Å². The van der Waals surface area contributed by atoms with Gasteiger partial charge in [-0.1, -0.05) is 6.07 Å². The molecule has 1 N–H and O–H groups in total. The minimum atomic E-state index is -0.765. The first-order chi connectivity index (χ1) is 8.49. The van der Waals surface area contributed by atoms with E-state index in [1.54, 1.807) is 0 Å². The minimum Gasteiger partial charge on any atom is -0.493 e. The Morgan fingerprint density at radius 3 is 2.83 bits per heavy atom. The molecule has 98 valence electrons. The molecular weight excluding hydrogens is 228 g/mol. The molecule has 0 aliphatic carbocycles. The lowest BCUT2D eigenvalue weighted by Gasteiger charge is -2.42. The Morgan fingerprint density at radius 2 is 2.06 bits per heavy atom. The molecule has 1 fully saturated rings. The second-order valence-electron chi connectivity index (χ2n) is 5.99. The first kappa shape index (κ1) is 12.0. The van der Waals surface area contributed by atoms with Crippen LogP contribution in [0.5, 0.6) is 5.75 Å². The van der Waals surface area contributed by atoms with E-state index in [4.69, 9.17) is 9.47 Å². The van der Waals surface area contributed by atoms with Crippen LogP contribution in [-0.4, -0.2) is 23.9 Å². The van der Waals surface area contributed by atoms with Crippen LogP contribution in [-0.2, 0) is 16.8 Å². The molecule has 2 aliphatic rings. The van der Waals surface area contributed by atoms with Crippen molar-refractivity contribution in [1.82, 2.24) is 0 Å². The monoisotopic (exact) mass is 248 g/mol. The van der Waals surface area contributed by atoms with Gasteiger partial charge >= 0.3 is 0 Å². The second-order valence-corrected chi connectivity index (χ2v) is 5.99. The molecule has 1 atom stereocenters. The van der Waals surface area contributed by atoms with Crippen LogP contribution in [0.15, 0.2) is 18.2 Å². The van der Waals surface area contributed by atoms with Crippen LogP contribution in [0.4, 0.5) is 0 Å². The molecule has 2 aliphatic heterocycles. The largest absolute Gasteiger partial charge is 0.493 e. The first-order valence-corrected chi connectivity index (χ1v) is 6.61. The van der Waals surface area contributed by atoms with Gasteiger partial charge in [-0.3, -0.25) is 0 Å².